The van der Waals surface area contributed by atoms with E-state index in [1.54, 1.807) is 0 Å². The van der Waals surface area contributed by atoms with Gasteiger partial charge in [0, 0.05) is 5.56 Å². The Morgan fingerprint density at radius 2 is 1.73 bits per heavy atom. The van der Waals surface area contributed by atoms with Gasteiger partial charge in [0.05, 0.1) is 6.61 Å². The summed E-state index contributed by atoms with van der Waals surface area (Å²) in [6.07, 6.45) is 13.4. The number of carbonyl (C=O) groups is 1. The summed E-state index contributed by atoms with van der Waals surface area (Å²) >= 11 is 0. The molecule has 1 rings (SSSR count). The van der Waals surface area contributed by atoms with Crippen molar-refractivity contribution in [1.82, 2.24) is 5.48 Å². The number of benzene rings is 1. The van der Waals surface area contributed by atoms with Crippen molar-refractivity contribution in [2.75, 3.05) is 6.61 Å². The van der Waals surface area contributed by atoms with Gasteiger partial charge in [-0.3, -0.25) is 9.63 Å². The summed E-state index contributed by atoms with van der Waals surface area (Å²) in [5.74, 6) is -0.204. The lowest BCUT2D eigenvalue weighted by Gasteiger charge is -2.03. The number of hydroxylamine groups is 1. The van der Waals surface area contributed by atoms with Gasteiger partial charge in [-0.05, 0) is 37.5 Å². The van der Waals surface area contributed by atoms with E-state index >= 15 is 0 Å². The summed E-state index contributed by atoms with van der Waals surface area (Å²) in [6, 6.07) is 7.55. The maximum Gasteiger partial charge on any atom is 0.274 e. The molecular formula is C19H29NO2. The van der Waals surface area contributed by atoms with Crippen molar-refractivity contribution in [3.8, 4) is 0 Å². The van der Waals surface area contributed by atoms with Gasteiger partial charge >= 0.3 is 0 Å². The smallest absolute Gasteiger partial charge is 0.274 e. The van der Waals surface area contributed by atoms with E-state index in [1.165, 1.54) is 38.5 Å². The topological polar surface area (TPSA) is 38.3 Å². The Morgan fingerprint density at radius 3 is 2.41 bits per heavy atom. The van der Waals surface area contributed by atoms with Crippen molar-refractivity contribution in [1.29, 1.82) is 0 Å². The van der Waals surface area contributed by atoms with E-state index in [-0.39, 0.29) is 5.91 Å². The number of nitrogens with one attached hydrogen (secondary N) is 1. The van der Waals surface area contributed by atoms with E-state index in [1.807, 2.05) is 31.2 Å². The third-order valence-electron chi connectivity index (χ3n) is 3.52. The molecule has 1 N–H and O–H groups in total. The minimum atomic E-state index is -0.204. The lowest BCUT2D eigenvalue weighted by Crippen LogP contribution is -2.23. The summed E-state index contributed by atoms with van der Waals surface area (Å²) in [5.41, 5.74) is 4.13. The molecule has 22 heavy (non-hydrogen) atoms. The number of allylic oxidation sites excluding steroid dienone is 1. The van der Waals surface area contributed by atoms with Crippen LogP contribution in [-0.2, 0) is 4.84 Å². The molecule has 0 radical (unpaired) electrons. The highest BCUT2D eigenvalue weighted by molar-refractivity contribution is 5.93. The predicted octanol–water partition coefficient (Wildman–Crippen LogP) is 5.13. The lowest BCUT2D eigenvalue weighted by atomic mass is 10.1. The van der Waals surface area contributed by atoms with Gasteiger partial charge in [-0.1, -0.05) is 63.3 Å². The molecule has 0 aromatic heterocycles. The van der Waals surface area contributed by atoms with E-state index in [4.69, 9.17) is 4.84 Å². The Kier molecular flexibility index (Phi) is 10.0. The fourth-order valence-electron chi connectivity index (χ4n) is 2.20. The number of amides is 1. The van der Waals surface area contributed by atoms with Crippen LogP contribution in [0.4, 0.5) is 0 Å². The molecule has 1 aromatic rings. The molecule has 0 spiro atoms. The standard InChI is InChI=1S/C19H29NO2/c1-3-5-6-7-8-9-10-11-12-17-13-15-18(16-14-17)19(21)20-22-4-2/h11-16H,3-10H2,1-2H3,(H,20,21)/b12-11+. The molecule has 0 bridgehead atoms. The third kappa shape index (κ3) is 7.99. The minimum absolute atomic E-state index is 0.204. The van der Waals surface area contributed by atoms with Crippen LogP contribution in [0.2, 0.25) is 0 Å². The zero-order valence-electron chi connectivity index (χ0n) is 13.9. The third-order valence-corrected chi connectivity index (χ3v) is 3.52. The lowest BCUT2D eigenvalue weighted by molar-refractivity contribution is 0.0364. The average Bonchev–Trinajstić information content (AvgIpc) is 2.55. The molecule has 0 heterocycles. The molecule has 1 aromatic carbocycles. The van der Waals surface area contributed by atoms with Gasteiger partial charge < -0.3 is 0 Å². The van der Waals surface area contributed by atoms with Crippen molar-refractivity contribution in [2.24, 2.45) is 0 Å². The van der Waals surface area contributed by atoms with Gasteiger partial charge in [0.15, 0.2) is 0 Å². The van der Waals surface area contributed by atoms with Crippen molar-refractivity contribution < 1.29 is 9.63 Å². The molecule has 3 heteroatoms. The Morgan fingerprint density at radius 1 is 1.05 bits per heavy atom. The van der Waals surface area contributed by atoms with Crippen LogP contribution in [0.3, 0.4) is 0 Å². The van der Waals surface area contributed by atoms with Crippen LogP contribution >= 0.6 is 0 Å². The first-order valence-corrected chi connectivity index (χ1v) is 8.46. The summed E-state index contributed by atoms with van der Waals surface area (Å²) in [5, 5.41) is 0. The van der Waals surface area contributed by atoms with E-state index in [0.29, 0.717) is 12.2 Å². The van der Waals surface area contributed by atoms with Crippen LogP contribution in [0.25, 0.3) is 6.08 Å². The summed E-state index contributed by atoms with van der Waals surface area (Å²) in [7, 11) is 0. The Labute approximate surface area is 134 Å². The predicted molar refractivity (Wildman–Crippen MR) is 92.6 cm³/mol. The summed E-state index contributed by atoms with van der Waals surface area (Å²) in [6.45, 7) is 4.54. The Hall–Kier alpha value is -1.61. The molecule has 0 aliphatic heterocycles. The molecule has 0 fully saturated rings. The molecular weight excluding hydrogens is 274 g/mol. The van der Waals surface area contributed by atoms with E-state index in [9.17, 15) is 4.79 Å². The molecule has 3 nitrogen and oxygen atoms in total. The molecule has 0 saturated heterocycles. The maximum atomic E-state index is 11.7. The van der Waals surface area contributed by atoms with Crippen molar-refractivity contribution >= 4 is 12.0 Å². The zero-order valence-corrected chi connectivity index (χ0v) is 13.9. The van der Waals surface area contributed by atoms with E-state index < -0.39 is 0 Å². The van der Waals surface area contributed by atoms with Crippen molar-refractivity contribution in [3.05, 3.63) is 41.5 Å². The van der Waals surface area contributed by atoms with Crippen LogP contribution in [0.1, 0.15) is 74.7 Å². The number of carbonyl (C=O) groups excluding carboxylic acids is 1. The number of hydrogen-bond donors (Lipinski definition) is 1. The molecule has 0 saturated carbocycles. The van der Waals surface area contributed by atoms with Crippen molar-refractivity contribution in [3.63, 3.8) is 0 Å². The van der Waals surface area contributed by atoms with Crippen LogP contribution < -0.4 is 5.48 Å². The maximum absolute atomic E-state index is 11.7. The van der Waals surface area contributed by atoms with E-state index in [0.717, 1.165) is 12.0 Å². The Bertz CT molecular complexity index is 437. The second-order valence-corrected chi connectivity index (χ2v) is 5.45. The number of unbranched alkanes of at least 4 members (excludes halogenated alkanes) is 6. The highest BCUT2D eigenvalue weighted by Gasteiger charge is 2.03. The second-order valence-electron chi connectivity index (χ2n) is 5.45. The van der Waals surface area contributed by atoms with Crippen LogP contribution in [0.5, 0.6) is 0 Å². The first-order valence-electron chi connectivity index (χ1n) is 8.46. The van der Waals surface area contributed by atoms with Crippen LogP contribution in [0.15, 0.2) is 30.3 Å². The monoisotopic (exact) mass is 303 g/mol. The minimum Gasteiger partial charge on any atom is -0.274 e. The molecule has 0 aliphatic rings. The first-order chi connectivity index (χ1) is 10.8. The number of rotatable bonds is 11. The van der Waals surface area contributed by atoms with Crippen LogP contribution in [-0.4, -0.2) is 12.5 Å². The quantitative estimate of drug-likeness (QED) is 0.454. The van der Waals surface area contributed by atoms with Gasteiger partial charge in [0.1, 0.15) is 0 Å². The molecule has 0 unspecified atom stereocenters. The van der Waals surface area contributed by atoms with Gasteiger partial charge in [-0.15, -0.1) is 0 Å². The first kappa shape index (κ1) is 18.4. The fourth-order valence-corrected chi connectivity index (χ4v) is 2.20. The zero-order chi connectivity index (χ0) is 16.0. The average molecular weight is 303 g/mol. The highest BCUT2D eigenvalue weighted by atomic mass is 16.6. The number of hydrogen-bond acceptors (Lipinski definition) is 2. The largest absolute Gasteiger partial charge is 0.274 e. The van der Waals surface area contributed by atoms with Gasteiger partial charge in [0.2, 0.25) is 0 Å². The van der Waals surface area contributed by atoms with Gasteiger partial charge in [-0.2, -0.15) is 0 Å². The normalized spacial score (nSPS) is 11.0. The second kappa shape index (κ2) is 12.0. The molecule has 0 aliphatic carbocycles. The van der Waals surface area contributed by atoms with Crippen molar-refractivity contribution in [2.45, 2.75) is 58.8 Å². The van der Waals surface area contributed by atoms with Gasteiger partial charge in [-0.25, -0.2) is 5.48 Å². The SMILES string of the molecule is CCCCCCCC/C=C/c1ccc(C(=O)NOCC)cc1. The highest BCUT2D eigenvalue weighted by Crippen LogP contribution is 2.10. The summed E-state index contributed by atoms with van der Waals surface area (Å²) < 4.78 is 0. The van der Waals surface area contributed by atoms with Crippen LogP contribution in [0, 0.1) is 0 Å². The molecule has 0 atom stereocenters. The van der Waals surface area contributed by atoms with Gasteiger partial charge in [0.25, 0.3) is 5.91 Å². The van der Waals surface area contributed by atoms with E-state index in [2.05, 4.69) is 24.6 Å². The molecule has 122 valence electrons. The fraction of sp³-hybridized carbons (Fsp3) is 0.526. The molecule has 1 amide bonds. The Balaban J connectivity index is 2.25. The summed E-state index contributed by atoms with van der Waals surface area (Å²) in [4.78, 5) is 16.6.